The highest BCUT2D eigenvalue weighted by Crippen LogP contribution is 2.17. The van der Waals surface area contributed by atoms with Crippen molar-refractivity contribution in [2.75, 3.05) is 7.11 Å². The molecule has 0 N–H and O–H groups in total. The first-order valence-corrected chi connectivity index (χ1v) is 6.22. The molecule has 0 aliphatic heterocycles. The summed E-state index contributed by atoms with van der Waals surface area (Å²) in [5.41, 5.74) is 2.29. The number of alkyl halides is 1. The molecule has 0 saturated carbocycles. The molecule has 1 atom stereocenters. The molecule has 17 heavy (non-hydrogen) atoms. The van der Waals surface area contributed by atoms with E-state index in [1.165, 1.54) is 7.11 Å². The van der Waals surface area contributed by atoms with Crippen molar-refractivity contribution in [2.24, 2.45) is 0 Å². The molecule has 0 radical (unpaired) electrons. The van der Waals surface area contributed by atoms with E-state index in [2.05, 4.69) is 20.7 Å². The second-order valence-electron chi connectivity index (χ2n) is 3.89. The van der Waals surface area contributed by atoms with E-state index in [4.69, 9.17) is 0 Å². The number of rotatable bonds is 4. The van der Waals surface area contributed by atoms with Crippen LogP contribution in [0.1, 0.15) is 28.4 Å². The number of ketones is 1. The summed E-state index contributed by atoms with van der Waals surface area (Å²) in [7, 11) is 1.34. The van der Waals surface area contributed by atoms with Gasteiger partial charge >= 0.3 is 5.97 Å². The lowest BCUT2D eigenvalue weighted by Gasteiger charge is -2.10. The van der Waals surface area contributed by atoms with Gasteiger partial charge in [0.05, 0.1) is 18.4 Å². The summed E-state index contributed by atoms with van der Waals surface area (Å²) >= 11 is 3.25. The summed E-state index contributed by atoms with van der Waals surface area (Å²) in [4.78, 5) is 23.0. The van der Waals surface area contributed by atoms with Crippen LogP contribution in [-0.4, -0.2) is 23.7 Å². The maximum atomic E-state index is 12.0. The third kappa shape index (κ3) is 3.66. The Hall–Kier alpha value is -1.16. The Balaban J connectivity index is 3.12. The minimum absolute atomic E-state index is 0.0207. The molecule has 92 valence electrons. The van der Waals surface area contributed by atoms with Gasteiger partial charge in [-0.1, -0.05) is 33.6 Å². The van der Waals surface area contributed by atoms with Crippen molar-refractivity contribution >= 4 is 27.7 Å². The van der Waals surface area contributed by atoms with Crippen LogP contribution in [0.2, 0.25) is 0 Å². The summed E-state index contributed by atoms with van der Waals surface area (Å²) in [6.45, 7) is 3.68. The summed E-state index contributed by atoms with van der Waals surface area (Å²) in [6.07, 6.45) is 0.123. The molecule has 1 rings (SSSR count). The number of ether oxygens (including phenoxy) is 1. The van der Waals surface area contributed by atoms with Gasteiger partial charge in [-0.2, -0.15) is 0 Å². The predicted molar refractivity (Wildman–Crippen MR) is 69.6 cm³/mol. The first kappa shape index (κ1) is 13.9. The molecular weight excluding hydrogens is 284 g/mol. The fraction of sp³-hybridized carbons (Fsp3) is 0.385. The summed E-state index contributed by atoms with van der Waals surface area (Å²) in [6, 6.07) is 5.49. The largest absolute Gasteiger partial charge is 0.469 e. The smallest absolute Gasteiger partial charge is 0.310 e. The highest BCUT2D eigenvalue weighted by atomic mass is 79.9. The molecular formula is C13H15BrO3. The molecule has 0 aliphatic carbocycles. The number of Topliss-reactive ketones (excluding diaryl/α,β-unsaturated/α-hetero) is 1. The van der Waals surface area contributed by atoms with E-state index in [9.17, 15) is 9.59 Å². The Morgan fingerprint density at radius 3 is 2.59 bits per heavy atom. The zero-order chi connectivity index (χ0) is 13.0. The number of aryl methyl sites for hydroxylation is 1. The monoisotopic (exact) mass is 298 g/mol. The number of methoxy groups -OCH3 is 1. The van der Waals surface area contributed by atoms with Crippen LogP contribution in [0.3, 0.4) is 0 Å². The van der Waals surface area contributed by atoms with Crippen molar-refractivity contribution in [1.82, 2.24) is 0 Å². The van der Waals surface area contributed by atoms with E-state index in [-0.39, 0.29) is 23.0 Å². The Morgan fingerprint density at radius 1 is 1.41 bits per heavy atom. The Kier molecular flexibility index (Phi) is 4.87. The van der Waals surface area contributed by atoms with Gasteiger partial charge < -0.3 is 4.74 Å². The SMILES string of the molecule is COC(=O)Cc1ccc(C)cc1C(=O)C(C)Br. The summed E-state index contributed by atoms with van der Waals surface area (Å²) in [5, 5.41) is 0. The van der Waals surface area contributed by atoms with Gasteiger partial charge in [-0.15, -0.1) is 0 Å². The average molecular weight is 299 g/mol. The predicted octanol–water partition coefficient (Wildman–Crippen LogP) is 2.68. The number of carbonyl (C=O) groups is 2. The molecule has 0 aromatic heterocycles. The van der Waals surface area contributed by atoms with Gasteiger partial charge in [0.2, 0.25) is 0 Å². The Bertz CT molecular complexity index is 438. The molecule has 1 unspecified atom stereocenters. The van der Waals surface area contributed by atoms with Crippen LogP contribution in [0, 0.1) is 6.92 Å². The van der Waals surface area contributed by atoms with Crippen molar-refractivity contribution in [2.45, 2.75) is 25.1 Å². The Labute approximate surface area is 109 Å². The molecule has 1 aromatic carbocycles. The van der Waals surface area contributed by atoms with E-state index in [1.807, 2.05) is 13.0 Å². The van der Waals surface area contributed by atoms with Gasteiger partial charge in [-0.05, 0) is 25.5 Å². The highest BCUT2D eigenvalue weighted by molar-refractivity contribution is 9.10. The number of halogens is 1. The van der Waals surface area contributed by atoms with Crippen LogP contribution in [0.5, 0.6) is 0 Å². The number of esters is 1. The average Bonchev–Trinajstić information content (AvgIpc) is 2.30. The van der Waals surface area contributed by atoms with Gasteiger partial charge in [0.1, 0.15) is 0 Å². The van der Waals surface area contributed by atoms with E-state index in [1.54, 1.807) is 19.1 Å². The van der Waals surface area contributed by atoms with Gasteiger partial charge in [0.25, 0.3) is 0 Å². The normalized spacial score (nSPS) is 12.0. The van der Waals surface area contributed by atoms with Gasteiger partial charge in [0, 0.05) is 5.56 Å². The lowest BCUT2D eigenvalue weighted by atomic mass is 9.97. The van der Waals surface area contributed by atoms with E-state index < -0.39 is 0 Å². The number of hydrogen-bond donors (Lipinski definition) is 0. The molecule has 0 saturated heterocycles. The molecule has 0 bridgehead atoms. The van der Waals surface area contributed by atoms with Crippen LogP contribution < -0.4 is 0 Å². The Morgan fingerprint density at radius 2 is 2.06 bits per heavy atom. The van der Waals surface area contributed by atoms with Gasteiger partial charge in [-0.25, -0.2) is 0 Å². The zero-order valence-electron chi connectivity index (χ0n) is 10.1. The lowest BCUT2D eigenvalue weighted by Crippen LogP contribution is -2.15. The van der Waals surface area contributed by atoms with Crippen molar-refractivity contribution in [3.8, 4) is 0 Å². The topological polar surface area (TPSA) is 43.4 Å². The van der Waals surface area contributed by atoms with Crippen LogP contribution in [0.4, 0.5) is 0 Å². The third-order valence-corrected chi connectivity index (χ3v) is 2.87. The fourth-order valence-electron chi connectivity index (χ4n) is 1.52. The molecule has 0 heterocycles. The van der Waals surface area contributed by atoms with Gasteiger partial charge in [-0.3, -0.25) is 9.59 Å². The first-order valence-electron chi connectivity index (χ1n) is 5.30. The second kappa shape index (κ2) is 5.96. The second-order valence-corrected chi connectivity index (χ2v) is 5.27. The lowest BCUT2D eigenvalue weighted by molar-refractivity contribution is -0.139. The molecule has 0 spiro atoms. The summed E-state index contributed by atoms with van der Waals surface area (Å²) < 4.78 is 4.62. The molecule has 1 aromatic rings. The summed E-state index contributed by atoms with van der Waals surface area (Å²) in [5.74, 6) is -0.363. The molecule has 3 nitrogen and oxygen atoms in total. The molecule has 0 aliphatic rings. The maximum Gasteiger partial charge on any atom is 0.310 e. The molecule has 4 heteroatoms. The standard InChI is InChI=1S/C13H15BrO3/c1-8-4-5-10(7-12(15)17-3)11(6-8)13(16)9(2)14/h4-6,9H,7H2,1-3H3. The van der Waals surface area contributed by atoms with Crippen LogP contribution in [0.15, 0.2) is 18.2 Å². The number of benzene rings is 1. The van der Waals surface area contributed by atoms with E-state index in [0.29, 0.717) is 11.1 Å². The van der Waals surface area contributed by atoms with Crippen LogP contribution >= 0.6 is 15.9 Å². The first-order chi connectivity index (χ1) is 7.95. The minimum atomic E-state index is -0.342. The third-order valence-electron chi connectivity index (χ3n) is 2.45. The van der Waals surface area contributed by atoms with Gasteiger partial charge in [0.15, 0.2) is 5.78 Å². The van der Waals surface area contributed by atoms with E-state index >= 15 is 0 Å². The van der Waals surface area contributed by atoms with Crippen molar-refractivity contribution in [3.05, 3.63) is 34.9 Å². The molecule has 0 fully saturated rings. The zero-order valence-corrected chi connectivity index (χ0v) is 11.7. The van der Waals surface area contributed by atoms with E-state index in [0.717, 1.165) is 5.56 Å². The van der Waals surface area contributed by atoms with Crippen molar-refractivity contribution in [1.29, 1.82) is 0 Å². The maximum absolute atomic E-state index is 12.0. The number of carbonyl (C=O) groups excluding carboxylic acids is 2. The fourth-order valence-corrected chi connectivity index (χ4v) is 1.76. The van der Waals surface area contributed by atoms with Crippen LogP contribution in [-0.2, 0) is 16.0 Å². The number of hydrogen-bond acceptors (Lipinski definition) is 3. The van der Waals surface area contributed by atoms with Crippen LogP contribution in [0.25, 0.3) is 0 Å². The van der Waals surface area contributed by atoms with Crippen molar-refractivity contribution < 1.29 is 14.3 Å². The minimum Gasteiger partial charge on any atom is -0.469 e. The molecule has 0 amide bonds. The quantitative estimate of drug-likeness (QED) is 0.488. The highest BCUT2D eigenvalue weighted by Gasteiger charge is 2.17. The van der Waals surface area contributed by atoms with Crippen molar-refractivity contribution in [3.63, 3.8) is 0 Å².